The van der Waals surface area contributed by atoms with E-state index in [1.165, 1.54) is 11.8 Å². The van der Waals surface area contributed by atoms with Crippen LogP contribution in [0.5, 0.6) is 0 Å². The second-order valence-electron chi connectivity index (χ2n) is 2.19. The summed E-state index contributed by atoms with van der Waals surface area (Å²) in [5.41, 5.74) is 0.828. The third kappa shape index (κ3) is 1.21. The highest BCUT2D eigenvalue weighted by Gasteiger charge is 2.14. The van der Waals surface area contributed by atoms with E-state index >= 15 is 0 Å². The number of fused-ring (bicyclic) bond motifs is 1. The van der Waals surface area contributed by atoms with Crippen LogP contribution in [0, 0.1) is 0 Å². The summed E-state index contributed by atoms with van der Waals surface area (Å²) in [7, 11) is 0. The number of anilines is 1. The van der Waals surface area contributed by atoms with Crippen molar-refractivity contribution >= 4 is 23.4 Å². The third-order valence-corrected chi connectivity index (χ3v) is 2.39. The molecule has 56 valence electrons. The molecule has 0 bridgehead atoms. The Hall–Kier alpha value is -1.03. The molecule has 1 aromatic rings. The molecule has 0 atom stereocenters. The zero-order valence-electron chi connectivity index (χ0n) is 5.70. The molecule has 4 heteroatoms. The summed E-state index contributed by atoms with van der Waals surface area (Å²) in [5, 5.41) is 3.65. The van der Waals surface area contributed by atoms with Gasteiger partial charge in [0.05, 0.1) is 11.4 Å². The fraction of sp³-hybridized carbons (Fsp3) is 0.143. The first-order valence-electron chi connectivity index (χ1n) is 3.24. The maximum absolute atomic E-state index is 10.9. The van der Waals surface area contributed by atoms with Crippen molar-refractivity contribution in [1.82, 2.24) is 4.98 Å². The van der Waals surface area contributed by atoms with Gasteiger partial charge in [0.15, 0.2) is 0 Å². The van der Waals surface area contributed by atoms with E-state index in [2.05, 4.69) is 10.3 Å². The Bertz CT molecular complexity index is 300. The van der Waals surface area contributed by atoms with Gasteiger partial charge < -0.3 is 5.32 Å². The molecule has 0 radical (unpaired) electrons. The van der Waals surface area contributed by atoms with Gasteiger partial charge in [-0.1, -0.05) is 11.8 Å². The zero-order chi connectivity index (χ0) is 7.68. The van der Waals surface area contributed by atoms with Crippen LogP contribution in [0.15, 0.2) is 23.4 Å². The van der Waals surface area contributed by atoms with Crippen molar-refractivity contribution in [3.8, 4) is 0 Å². The lowest BCUT2D eigenvalue weighted by Gasteiger charge is -2.13. The Kier molecular flexibility index (Phi) is 1.54. The van der Waals surface area contributed by atoms with Crippen LogP contribution in [0.25, 0.3) is 0 Å². The van der Waals surface area contributed by atoms with Crippen molar-refractivity contribution in [1.29, 1.82) is 0 Å². The molecule has 11 heavy (non-hydrogen) atoms. The minimum Gasteiger partial charge on any atom is -0.323 e. The number of aromatic nitrogens is 1. The lowest BCUT2D eigenvalue weighted by atomic mass is 10.4. The van der Waals surface area contributed by atoms with Crippen molar-refractivity contribution < 1.29 is 4.79 Å². The van der Waals surface area contributed by atoms with E-state index in [1.54, 1.807) is 6.20 Å². The van der Waals surface area contributed by atoms with E-state index in [9.17, 15) is 4.79 Å². The lowest BCUT2D eigenvalue weighted by Crippen LogP contribution is -2.18. The fourth-order valence-electron chi connectivity index (χ4n) is 0.921. The first-order valence-corrected chi connectivity index (χ1v) is 4.22. The van der Waals surface area contributed by atoms with Crippen LogP contribution in [0.2, 0.25) is 0 Å². The molecule has 2 heterocycles. The summed E-state index contributed by atoms with van der Waals surface area (Å²) in [4.78, 5) is 15.0. The number of hydrogen-bond acceptors (Lipinski definition) is 3. The molecular weight excluding hydrogens is 160 g/mol. The fourth-order valence-corrected chi connectivity index (χ4v) is 1.67. The predicted molar refractivity (Wildman–Crippen MR) is 43.6 cm³/mol. The van der Waals surface area contributed by atoms with Crippen molar-refractivity contribution in [2.45, 2.75) is 5.03 Å². The standard InChI is InChI=1S/C7H6N2OS/c10-6-4-11-7-5(9-6)2-1-3-8-7/h1-3H,4H2,(H,9,10). The maximum Gasteiger partial charge on any atom is 0.234 e. The number of thioether (sulfide) groups is 1. The van der Waals surface area contributed by atoms with Crippen LogP contribution in [0.4, 0.5) is 5.69 Å². The average Bonchev–Trinajstić information content (AvgIpc) is 2.04. The van der Waals surface area contributed by atoms with Gasteiger partial charge in [-0.3, -0.25) is 4.79 Å². The Balaban J connectivity index is 2.41. The number of nitrogens with one attached hydrogen (secondary N) is 1. The van der Waals surface area contributed by atoms with Crippen LogP contribution in [-0.2, 0) is 4.79 Å². The number of amides is 1. The number of rotatable bonds is 0. The van der Waals surface area contributed by atoms with E-state index in [0.29, 0.717) is 5.75 Å². The number of nitrogens with zero attached hydrogens (tertiary/aromatic N) is 1. The van der Waals surface area contributed by atoms with Gasteiger partial charge in [0.25, 0.3) is 0 Å². The van der Waals surface area contributed by atoms with Gasteiger partial charge in [0.1, 0.15) is 5.03 Å². The number of carbonyl (C=O) groups excluding carboxylic acids is 1. The molecule has 1 aliphatic rings. The summed E-state index contributed by atoms with van der Waals surface area (Å²) < 4.78 is 0. The van der Waals surface area contributed by atoms with Gasteiger partial charge >= 0.3 is 0 Å². The highest BCUT2D eigenvalue weighted by molar-refractivity contribution is 8.00. The first-order chi connectivity index (χ1) is 5.36. The van der Waals surface area contributed by atoms with E-state index in [-0.39, 0.29) is 5.91 Å². The molecule has 0 aromatic carbocycles. The molecule has 1 aliphatic heterocycles. The molecule has 0 aliphatic carbocycles. The van der Waals surface area contributed by atoms with Crippen molar-refractivity contribution in [3.63, 3.8) is 0 Å². The van der Waals surface area contributed by atoms with Crippen LogP contribution in [0.3, 0.4) is 0 Å². The molecule has 0 fully saturated rings. The SMILES string of the molecule is O=C1CSc2ncccc2N1. The maximum atomic E-state index is 10.9. The largest absolute Gasteiger partial charge is 0.323 e. The predicted octanol–water partition coefficient (Wildman–Crippen LogP) is 1.13. The molecule has 0 unspecified atom stereocenters. The van der Waals surface area contributed by atoms with Crippen LogP contribution >= 0.6 is 11.8 Å². The van der Waals surface area contributed by atoms with Crippen LogP contribution in [0.1, 0.15) is 0 Å². The summed E-state index contributed by atoms with van der Waals surface area (Å²) in [6.07, 6.45) is 1.73. The quantitative estimate of drug-likeness (QED) is 0.628. The van der Waals surface area contributed by atoms with Gasteiger partial charge in [-0.15, -0.1) is 0 Å². The third-order valence-electron chi connectivity index (χ3n) is 1.39. The first kappa shape index (κ1) is 6.67. The molecule has 0 saturated carbocycles. The monoisotopic (exact) mass is 166 g/mol. The molecule has 3 nitrogen and oxygen atoms in total. The number of hydrogen-bond donors (Lipinski definition) is 1. The van der Waals surface area contributed by atoms with Gasteiger partial charge in [-0.2, -0.15) is 0 Å². The number of carbonyl (C=O) groups is 1. The molecule has 1 amide bonds. The summed E-state index contributed by atoms with van der Waals surface area (Å²) in [5.74, 6) is 0.528. The molecular formula is C7H6N2OS. The van der Waals surface area contributed by atoms with Gasteiger partial charge in [-0.25, -0.2) is 4.98 Å². The second-order valence-corrected chi connectivity index (χ2v) is 3.16. The van der Waals surface area contributed by atoms with Gasteiger partial charge in [0.2, 0.25) is 5.91 Å². The van der Waals surface area contributed by atoms with E-state index in [1.807, 2.05) is 12.1 Å². The molecule has 0 saturated heterocycles. The van der Waals surface area contributed by atoms with Crippen molar-refractivity contribution in [3.05, 3.63) is 18.3 Å². The van der Waals surface area contributed by atoms with Gasteiger partial charge in [0, 0.05) is 6.20 Å². The minimum atomic E-state index is 0.0514. The Labute approximate surface area is 68.2 Å². The molecule has 1 aromatic heterocycles. The van der Waals surface area contributed by atoms with E-state index in [4.69, 9.17) is 0 Å². The topological polar surface area (TPSA) is 42.0 Å². The lowest BCUT2D eigenvalue weighted by molar-refractivity contribution is -0.113. The zero-order valence-corrected chi connectivity index (χ0v) is 6.52. The Morgan fingerprint density at radius 1 is 1.64 bits per heavy atom. The van der Waals surface area contributed by atoms with Crippen molar-refractivity contribution in [2.75, 3.05) is 11.1 Å². The normalized spacial score (nSPS) is 15.5. The Morgan fingerprint density at radius 3 is 3.45 bits per heavy atom. The van der Waals surface area contributed by atoms with Gasteiger partial charge in [-0.05, 0) is 12.1 Å². The van der Waals surface area contributed by atoms with Crippen LogP contribution < -0.4 is 5.32 Å². The molecule has 1 N–H and O–H groups in total. The summed E-state index contributed by atoms with van der Waals surface area (Å²) in [6, 6.07) is 3.66. The second kappa shape index (κ2) is 2.54. The highest BCUT2D eigenvalue weighted by Crippen LogP contribution is 2.27. The van der Waals surface area contributed by atoms with E-state index < -0.39 is 0 Å². The average molecular weight is 166 g/mol. The Morgan fingerprint density at radius 2 is 2.55 bits per heavy atom. The molecule has 2 rings (SSSR count). The molecule has 0 spiro atoms. The minimum absolute atomic E-state index is 0.0514. The summed E-state index contributed by atoms with van der Waals surface area (Å²) >= 11 is 1.47. The smallest absolute Gasteiger partial charge is 0.234 e. The highest BCUT2D eigenvalue weighted by atomic mass is 32.2. The summed E-state index contributed by atoms with van der Waals surface area (Å²) in [6.45, 7) is 0. The van der Waals surface area contributed by atoms with E-state index in [0.717, 1.165) is 10.7 Å². The van der Waals surface area contributed by atoms with Crippen molar-refractivity contribution in [2.24, 2.45) is 0 Å². The van der Waals surface area contributed by atoms with Crippen LogP contribution in [-0.4, -0.2) is 16.6 Å². The number of pyridine rings is 1.